The standard InChI is InChI=1S/C7H11NO2/c1-5(2)3-6-4-7(9)10-8-6/h4-5,8H,3H2,1-2H3. The molecule has 56 valence electrons. The summed E-state index contributed by atoms with van der Waals surface area (Å²) in [5.41, 5.74) is 0.579. The van der Waals surface area contributed by atoms with Crippen molar-refractivity contribution in [2.24, 2.45) is 5.92 Å². The second-order valence-corrected chi connectivity index (χ2v) is 2.79. The van der Waals surface area contributed by atoms with Crippen LogP contribution in [-0.4, -0.2) is 5.16 Å². The van der Waals surface area contributed by atoms with Crippen molar-refractivity contribution in [1.29, 1.82) is 0 Å². The smallest absolute Gasteiger partial charge is 0.339 e. The van der Waals surface area contributed by atoms with Crippen LogP contribution in [0.2, 0.25) is 0 Å². The monoisotopic (exact) mass is 141 g/mol. The molecule has 1 N–H and O–H groups in total. The highest BCUT2D eigenvalue weighted by Gasteiger charge is 2.00. The Morgan fingerprint density at radius 3 is 2.80 bits per heavy atom. The summed E-state index contributed by atoms with van der Waals surface area (Å²) >= 11 is 0. The van der Waals surface area contributed by atoms with Crippen molar-refractivity contribution in [3.63, 3.8) is 0 Å². The van der Waals surface area contributed by atoms with Crippen molar-refractivity contribution in [3.8, 4) is 0 Å². The first-order valence-corrected chi connectivity index (χ1v) is 3.36. The highest BCUT2D eigenvalue weighted by atomic mass is 16.5. The summed E-state index contributed by atoms with van der Waals surface area (Å²) in [5.74, 6) is 0.549. The number of hydrogen-bond donors (Lipinski definition) is 1. The molecule has 3 nitrogen and oxygen atoms in total. The van der Waals surface area contributed by atoms with Gasteiger partial charge in [-0.05, 0) is 12.3 Å². The third-order valence-electron chi connectivity index (χ3n) is 1.20. The third-order valence-corrected chi connectivity index (χ3v) is 1.20. The van der Waals surface area contributed by atoms with Gasteiger partial charge < -0.3 is 4.52 Å². The van der Waals surface area contributed by atoms with Gasteiger partial charge in [0.25, 0.3) is 0 Å². The molecule has 10 heavy (non-hydrogen) atoms. The van der Waals surface area contributed by atoms with Gasteiger partial charge >= 0.3 is 5.63 Å². The number of aromatic nitrogens is 1. The topological polar surface area (TPSA) is 46.0 Å². The number of nitrogens with one attached hydrogen (secondary N) is 1. The van der Waals surface area contributed by atoms with Crippen molar-refractivity contribution in [1.82, 2.24) is 5.16 Å². The van der Waals surface area contributed by atoms with Crippen LogP contribution in [-0.2, 0) is 6.42 Å². The van der Waals surface area contributed by atoms with E-state index >= 15 is 0 Å². The van der Waals surface area contributed by atoms with Gasteiger partial charge in [-0.2, -0.15) is 0 Å². The summed E-state index contributed by atoms with van der Waals surface area (Å²) in [6.45, 7) is 4.18. The Bertz CT molecular complexity index is 246. The Balaban J connectivity index is 2.67. The fourth-order valence-corrected chi connectivity index (χ4v) is 0.857. The average Bonchev–Trinajstić information content (AvgIpc) is 2.13. The van der Waals surface area contributed by atoms with Crippen LogP contribution in [0.15, 0.2) is 15.4 Å². The first-order valence-electron chi connectivity index (χ1n) is 3.36. The summed E-state index contributed by atoms with van der Waals surface area (Å²) < 4.78 is 4.48. The first kappa shape index (κ1) is 7.12. The van der Waals surface area contributed by atoms with E-state index in [0.29, 0.717) is 5.92 Å². The highest BCUT2D eigenvalue weighted by Crippen LogP contribution is 2.01. The van der Waals surface area contributed by atoms with Crippen molar-refractivity contribution < 1.29 is 4.52 Å². The van der Waals surface area contributed by atoms with Gasteiger partial charge in [-0.15, -0.1) is 0 Å². The number of H-pyrrole nitrogens is 1. The molecule has 0 saturated heterocycles. The molecule has 0 spiro atoms. The minimum atomic E-state index is -0.296. The molecule has 0 fully saturated rings. The summed E-state index contributed by atoms with van der Waals surface area (Å²) in [6.07, 6.45) is 0.867. The van der Waals surface area contributed by atoms with E-state index in [0.717, 1.165) is 12.1 Å². The molecule has 0 saturated carbocycles. The van der Waals surface area contributed by atoms with Gasteiger partial charge in [0.1, 0.15) is 0 Å². The maximum absolute atomic E-state index is 10.5. The van der Waals surface area contributed by atoms with Gasteiger partial charge in [-0.1, -0.05) is 13.8 Å². The number of rotatable bonds is 2. The zero-order valence-corrected chi connectivity index (χ0v) is 6.18. The molecule has 0 aliphatic carbocycles. The van der Waals surface area contributed by atoms with Gasteiger partial charge in [0.05, 0.1) is 5.69 Å². The number of hydrogen-bond acceptors (Lipinski definition) is 2. The molecule has 0 aromatic carbocycles. The van der Waals surface area contributed by atoms with Crippen LogP contribution >= 0.6 is 0 Å². The van der Waals surface area contributed by atoms with Gasteiger partial charge in [-0.25, -0.2) is 9.95 Å². The molecule has 0 aliphatic rings. The zero-order valence-electron chi connectivity index (χ0n) is 6.18. The molecular formula is C7H11NO2. The zero-order chi connectivity index (χ0) is 7.56. The van der Waals surface area contributed by atoms with Gasteiger partial charge in [0.2, 0.25) is 0 Å². The van der Waals surface area contributed by atoms with Gasteiger partial charge in [0.15, 0.2) is 0 Å². The second-order valence-electron chi connectivity index (χ2n) is 2.79. The Labute approximate surface area is 59.0 Å². The molecule has 0 radical (unpaired) electrons. The second kappa shape index (κ2) is 2.73. The summed E-state index contributed by atoms with van der Waals surface area (Å²) in [4.78, 5) is 10.5. The van der Waals surface area contributed by atoms with E-state index in [1.165, 1.54) is 6.07 Å². The molecule has 1 aromatic rings. The van der Waals surface area contributed by atoms with E-state index in [1.807, 2.05) is 0 Å². The van der Waals surface area contributed by atoms with Crippen molar-refractivity contribution in [3.05, 3.63) is 22.2 Å². The fourth-order valence-electron chi connectivity index (χ4n) is 0.857. The Morgan fingerprint density at radius 1 is 1.70 bits per heavy atom. The fraction of sp³-hybridized carbons (Fsp3) is 0.571. The highest BCUT2D eigenvalue weighted by molar-refractivity contribution is 4.96. The van der Waals surface area contributed by atoms with Gasteiger partial charge in [0, 0.05) is 6.07 Å². The molecule has 1 rings (SSSR count). The van der Waals surface area contributed by atoms with Crippen LogP contribution in [0.3, 0.4) is 0 Å². The molecule has 0 atom stereocenters. The predicted octanol–water partition coefficient (Wildman–Crippen LogP) is 1.17. The summed E-state index contributed by atoms with van der Waals surface area (Å²) in [6, 6.07) is 1.49. The predicted molar refractivity (Wildman–Crippen MR) is 37.9 cm³/mol. The van der Waals surface area contributed by atoms with E-state index in [9.17, 15) is 4.79 Å². The van der Waals surface area contributed by atoms with Gasteiger partial charge in [-0.3, -0.25) is 0 Å². The quantitative estimate of drug-likeness (QED) is 0.671. The van der Waals surface area contributed by atoms with Crippen molar-refractivity contribution in [2.45, 2.75) is 20.3 Å². The van der Waals surface area contributed by atoms with E-state index in [2.05, 4.69) is 23.5 Å². The molecule has 3 heteroatoms. The lowest BCUT2D eigenvalue weighted by atomic mass is 10.1. The van der Waals surface area contributed by atoms with E-state index in [4.69, 9.17) is 0 Å². The molecule has 0 aliphatic heterocycles. The number of aromatic amines is 1. The lowest BCUT2D eigenvalue weighted by Gasteiger charge is -1.97. The maximum Gasteiger partial charge on any atom is 0.357 e. The molecule has 0 bridgehead atoms. The van der Waals surface area contributed by atoms with Crippen LogP contribution in [0.25, 0.3) is 0 Å². The first-order chi connectivity index (χ1) is 4.68. The molecule has 0 unspecified atom stereocenters. The average molecular weight is 141 g/mol. The van der Waals surface area contributed by atoms with Crippen molar-refractivity contribution in [2.75, 3.05) is 0 Å². The van der Waals surface area contributed by atoms with E-state index in [-0.39, 0.29) is 5.63 Å². The normalized spacial score (nSPS) is 10.7. The van der Waals surface area contributed by atoms with Crippen LogP contribution < -0.4 is 5.63 Å². The summed E-state index contributed by atoms with van der Waals surface area (Å²) in [7, 11) is 0. The van der Waals surface area contributed by atoms with E-state index < -0.39 is 0 Å². The Morgan fingerprint density at radius 2 is 2.40 bits per heavy atom. The summed E-state index contributed by atoms with van der Waals surface area (Å²) in [5, 5.41) is 2.55. The molecule has 1 aromatic heterocycles. The van der Waals surface area contributed by atoms with Crippen LogP contribution in [0.4, 0.5) is 0 Å². The van der Waals surface area contributed by atoms with E-state index in [1.54, 1.807) is 0 Å². The van der Waals surface area contributed by atoms with Crippen LogP contribution in [0.1, 0.15) is 19.5 Å². The molecule has 0 amide bonds. The minimum Gasteiger partial charge on any atom is -0.339 e. The Kier molecular flexibility index (Phi) is 1.94. The van der Waals surface area contributed by atoms with Crippen LogP contribution in [0.5, 0.6) is 0 Å². The largest absolute Gasteiger partial charge is 0.357 e. The third kappa shape index (κ3) is 1.76. The lowest BCUT2D eigenvalue weighted by molar-refractivity contribution is 0.381. The minimum absolute atomic E-state index is 0.296. The Hall–Kier alpha value is -0.990. The lowest BCUT2D eigenvalue weighted by Crippen LogP contribution is -1.94. The molecule has 1 heterocycles. The van der Waals surface area contributed by atoms with Crippen LogP contribution in [0, 0.1) is 5.92 Å². The maximum atomic E-state index is 10.5. The SMILES string of the molecule is CC(C)Cc1cc(=O)o[nH]1. The molecular weight excluding hydrogens is 130 g/mol. The van der Waals surface area contributed by atoms with Crippen molar-refractivity contribution >= 4 is 0 Å².